The number of benzene rings is 2. The molecule has 1 fully saturated rings. The van der Waals surface area contributed by atoms with Gasteiger partial charge >= 0.3 is 12.1 Å². The largest absolute Gasteiger partial charge is 0.459 e. The molecule has 2 aromatic rings. The quantitative estimate of drug-likeness (QED) is 0.265. The summed E-state index contributed by atoms with van der Waals surface area (Å²) >= 11 is 12.1. The summed E-state index contributed by atoms with van der Waals surface area (Å²) in [6, 6.07) is 9.46. The van der Waals surface area contributed by atoms with Crippen LogP contribution in [0.25, 0.3) is 0 Å². The van der Waals surface area contributed by atoms with Crippen molar-refractivity contribution in [3.05, 3.63) is 63.6 Å². The van der Waals surface area contributed by atoms with Gasteiger partial charge in [-0.15, -0.1) is 0 Å². The zero-order chi connectivity index (χ0) is 28.7. The zero-order valence-corrected chi connectivity index (χ0v) is 22.7. The minimum absolute atomic E-state index is 0.0108. The van der Waals surface area contributed by atoms with Crippen molar-refractivity contribution in [2.45, 2.75) is 70.6 Å². The fourth-order valence-corrected chi connectivity index (χ4v) is 4.69. The summed E-state index contributed by atoms with van der Waals surface area (Å²) in [5.74, 6) is -9.05. The molecule has 1 saturated carbocycles. The van der Waals surface area contributed by atoms with Crippen molar-refractivity contribution in [2.24, 2.45) is 11.3 Å². The number of hydrogen-bond acceptors (Lipinski definition) is 3. The summed E-state index contributed by atoms with van der Waals surface area (Å²) in [4.78, 5) is 26.0. The molecule has 0 aliphatic heterocycles. The van der Waals surface area contributed by atoms with Crippen molar-refractivity contribution >= 4 is 40.8 Å². The molecular weight excluding hydrogens is 552 g/mol. The number of carbonyl (C=O) groups is 2. The maximum absolute atomic E-state index is 14.8. The van der Waals surface area contributed by atoms with E-state index in [4.69, 9.17) is 27.9 Å². The van der Waals surface area contributed by atoms with Gasteiger partial charge in [0.15, 0.2) is 0 Å². The SMILES string of the molecule is C[C@H]([C@H](C(=O)Nc1cc(CC2(C(=O)OC(C)(C)C)CCC2(F)F)ccc1Cl)c1ccc(Cl)cc1)C(F)(F)F. The van der Waals surface area contributed by atoms with Gasteiger partial charge < -0.3 is 10.1 Å². The van der Waals surface area contributed by atoms with Gasteiger partial charge in [0, 0.05) is 11.4 Å². The molecular formula is C27H28Cl2F5NO3. The Morgan fingerprint density at radius 3 is 2.11 bits per heavy atom. The highest BCUT2D eigenvalue weighted by Crippen LogP contribution is 2.57. The Bertz CT molecular complexity index is 1190. The van der Waals surface area contributed by atoms with Crippen molar-refractivity contribution < 1.29 is 36.3 Å². The minimum atomic E-state index is -4.69. The average Bonchev–Trinajstić information content (AvgIpc) is 2.78. The van der Waals surface area contributed by atoms with E-state index in [1.165, 1.54) is 42.5 Å². The molecule has 38 heavy (non-hydrogen) atoms. The average molecular weight is 580 g/mol. The number of rotatable bonds is 7. The summed E-state index contributed by atoms with van der Waals surface area (Å²) in [6.45, 7) is 5.61. The van der Waals surface area contributed by atoms with Gasteiger partial charge in [0.05, 0.1) is 22.5 Å². The molecule has 0 bridgehead atoms. The molecule has 0 radical (unpaired) electrons. The van der Waals surface area contributed by atoms with Crippen LogP contribution in [-0.4, -0.2) is 29.6 Å². The van der Waals surface area contributed by atoms with Crippen LogP contribution in [0, 0.1) is 11.3 Å². The summed E-state index contributed by atoms with van der Waals surface area (Å²) in [5, 5.41) is 2.70. The van der Waals surface area contributed by atoms with Crippen molar-refractivity contribution in [1.82, 2.24) is 0 Å². The third-order valence-electron chi connectivity index (χ3n) is 6.68. The summed E-state index contributed by atoms with van der Waals surface area (Å²) < 4.78 is 75.8. The van der Waals surface area contributed by atoms with E-state index in [0.29, 0.717) is 0 Å². The molecule has 1 unspecified atom stereocenters. The maximum atomic E-state index is 14.8. The topological polar surface area (TPSA) is 55.4 Å². The van der Waals surface area contributed by atoms with E-state index in [1.54, 1.807) is 20.8 Å². The molecule has 1 aliphatic rings. The van der Waals surface area contributed by atoms with Crippen molar-refractivity contribution in [3.8, 4) is 0 Å². The molecule has 0 saturated heterocycles. The van der Waals surface area contributed by atoms with Crippen LogP contribution in [0.15, 0.2) is 42.5 Å². The van der Waals surface area contributed by atoms with Gasteiger partial charge in [0.2, 0.25) is 5.91 Å². The Morgan fingerprint density at radius 1 is 1.03 bits per heavy atom. The monoisotopic (exact) mass is 579 g/mol. The van der Waals surface area contributed by atoms with E-state index < -0.39 is 59.7 Å². The molecule has 2 aromatic carbocycles. The van der Waals surface area contributed by atoms with Crippen molar-refractivity contribution in [3.63, 3.8) is 0 Å². The van der Waals surface area contributed by atoms with Crippen LogP contribution >= 0.6 is 23.2 Å². The molecule has 11 heteroatoms. The van der Waals surface area contributed by atoms with Gasteiger partial charge in [-0.3, -0.25) is 9.59 Å². The van der Waals surface area contributed by atoms with Crippen LogP contribution in [0.2, 0.25) is 10.0 Å². The first-order valence-electron chi connectivity index (χ1n) is 11.9. The lowest BCUT2D eigenvalue weighted by Crippen LogP contribution is -2.59. The summed E-state index contributed by atoms with van der Waals surface area (Å²) in [5.41, 5.74) is -2.83. The van der Waals surface area contributed by atoms with E-state index in [0.717, 1.165) is 6.92 Å². The highest BCUT2D eigenvalue weighted by molar-refractivity contribution is 6.33. The van der Waals surface area contributed by atoms with Crippen LogP contribution in [0.4, 0.5) is 27.6 Å². The van der Waals surface area contributed by atoms with Crippen LogP contribution in [0.5, 0.6) is 0 Å². The fourth-order valence-electron chi connectivity index (χ4n) is 4.40. The molecule has 0 aromatic heterocycles. The lowest BCUT2D eigenvalue weighted by molar-refractivity contribution is -0.230. The van der Waals surface area contributed by atoms with E-state index in [1.807, 2.05) is 0 Å². The number of esters is 1. The lowest BCUT2D eigenvalue weighted by Gasteiger charge is -2.47. The van der Waals surface area contributed by atoms with E-state index >= 15 is 0 Å². The number of alkyl halides is 5. The number of amides is 1. The number of nitrogens with one attached hydrogen (secondary N) is 1. The lowest BCUT2D eigenvalue weighted by atomic mass is 9.62. The normalized spacial score (nSPS) is 20.7. The van der Waals surface area contributed by atoms with E-state index in [-0.39, 0.29) is 33.3 Å². The van der Waals surface area contributed by atoms with Crippen LogP contribution < -0.4 is 5.32 Å². The molecule has 4 nitrogen and oxygen atoms in total. The fraction of sp³-hybridized carbons (Fsp3) is 0.481. The number of halogens is 7. The third kappa shape index (κ3) is 6.42. The van der Waals surface area contributed by atoms with Gasteiger partial charge in [-0.2, -0.15) is 13.2 Å². The molecule has 0 spiro atoms. The minimum Gasteiger partial charge on any atom is -0.459 e. The Balaban J connectivity index is 1.92. The standard InChI is InChI=1S/C27H28Cl2F5NO3/c1-15(27(32,33)34)21(17-6-8-18(28)9-7-17)22(36)35-20-13-16(5-10-19(20)29)14-25(11-12-26(25,30)31)23(37)38-24(2,3)4/h5-10,13,15,21H,11-12,14H2,1-4H3,(H,35,36)/t15-,21+,25?/m1/s1. The second-order valence-electron chi connectivity index (χ2n) is 10.6. The second-order valence-corrected chi connectivity index (χ2v) is 11.5. The predicted molar refractivity (Wildman–Crippen MR) is 136 cm³/mol. The van der Waals surface area contributed by atoms with Gasteiger partial charge in [-0.25, -0.2) is 8.78 Å². The van der Waals surface area contributed by atoms with Gasteiger partial charge in [0.25, 0.3) is 5.92 Å². The van der Waals surface area contributed by atoms with Gasteiger partial charge in [-0.1, -0.05) is 48.3 Å². The third-order valence-corrected chi connectivity index (χ3v) is 7.26. The van der Waals surface area contributed by atoms with E-state index in [2.05, 4.69) is 5.32 Å². The van der Waals surface area contributed by atoms with E-state index in [9.17, 15) is 31.5 Å². The van der Waals surface area contributed by atoms with Gasteiger partial charge in [0.1, 0.15) is 11.0 Å². The molecule has 1 aliphatic carbocycles. The van der Waals surface area contributed by atoms with Gasteiger partial charge in [-0.05, 0) is 69.0 Å². The highest BCUT2D eigenvalue weighted by atomic mass is 35.5. The smallest absolute Gasteiger partial charge is 0.392 e. The number of hydrogen-bond donors (Lipinski definition) is 1. The van der Waals surface area contributed by atoms with Crippen LogP contribution in [0.3, 0.4) is 0 Å². The second kappa shape index (κ2) is 10.6. The molecule has 3 rings (SSSR count). The van der Waals surface area contributed by atoms with Crippen molar-refractivity contribution in [1.29, 1.82) is 0 Å². The first-order valence-corrected chi connectivity index (χ1v) is 12.6. The Labute approximate surface area is 227 Å². The molecule has 0 heterocycles. The van der Waals surface area contributed by atoms with Crippen molar-refractivity contribution in [2.75, 3.05) is 5.32 Å². The molecule has 208 valence electrons. The Morgan fingerprint density at radius 2 is 1.63 bits per heavy atom. The maximum Gasteiger partial charge on any atom is 0.392 e. The summed E-state index contributed by atoms with van der Waals surface area (Å²) in [7, 11) is 0. The van der Waals surface area contributed by atoms with Crippen LogP contribution in [-0.2, 0) is 20.7 Å². The number of ether oxygens (including phenoxy) is 1. The summed E-state index contributed by atoms with van der Waals surface area (Å²) in [6.07, 6.45) is -5.69. The number of anilines is 1. The molecule has 1 N–H and O–H groups in total. The predicted octanol–water partition coefficient (Wildman–Crippen LogP) is 8.21. The van der Waals surface area contributed by atoms with Crippen LogP contribution in [0.1, 0.15) is 57.6 Å². The Hall–Kier alpha value is -2.39. The zero-order valence-electron chi connectivity index (χ0n) is 21.2. The Kier molecular flexibility index (Phi) is 8.45. The molecule has 1 amide bonds. The number of carbonyl (C=O) groups excluding carboxylic acids is 2. The first kappa shape index (κ1) is 30.2. The first-order chi connectivity index (χ1) is 17.4. The highest BCUT2D eigenvalue weighted by Gasteiger charge is 2.67. The molecule has 3 atom stereocenters.